The Bertz CT molecular complexity index is 398. The summed E-state index contributed by atoms with van der Waals surface area (Å²) in [5.74, 6) is 0. The molecule has 0 spiro atoms. The second-order valence-corrected chi connectivity index (χ2v) is 4.14. The van der Waals surface area contributed by atoms with Gasteiger partial charge in [-0.15, -0.1) is 0 Å². The van der Waals surface area contributed by atoms with Crippen LogP contribution in [-0.2, 0) is 10.1 Å². The van der Waals surface area contributed by atoms with Crippen LogP contribution in [0.1, 0.15) is 11.1 Å². The molecule has 0 amide bonds. The van der Waals surface area contributed by atoms with Crippen molar-refractivity contribution in [3.05, 3.63) is 29.3 Å². The molecule has 1 rings (SSSR count). The molecule has 1 aromatic carbocycles. The van der Waals surface area contributed by atoms with Crippen LogP contribution in [0.4, 0.5) is 0 Å². The van der Waals surface area contributed by atoms with Crippen molar-refractivity contribution in [2.24, 2.45) is 0 Å². The van der Waals surface area contributed by atoms with Gasteiger partial charge in [0.15, 0.2) is 0 Å². The molecular weight excluding hydrogens is 246 g/mol. The number of aryl methyl sites for hydroxylation is 2. The Morgan fingerprint density at radius 3 is 2.08 bits per heavy atom. The predicted octanol–water partition coefficient (Wildman–Crippen LogP) is 0.366. The molecule has 72 valence electrons. The van der Waals surface area contributed by atoms with Crippen molar-refractivity contribution in [2.45, 2.75) is 18.7 Å². The summed E-state index contributed by atoms with van der Waals surface area (Å²) >= 11 is 0. The summed E-state index contributed by atoms with van der Waals surface area (Å²) in [4.78, 5) is -0.0504. The van der Waals surface area contributed by atoms with Crippen LogP contribution >= 0.6 is 0 Å². The van der Waals surface area contributed by atoms with Gasteiger partial charge in [-0.3, -0.25) is 4.55 Å². The van der Waals surface area contributed by atoms with E-state index in [0.717, 1.165) is 11.1 Å². The van der Waals surface area contributed by atoms with Crippen molar-refractivity contribution in [1.82, 2.24) is 0 Å². The summed E-state index contributed by atoms with van der Waals surface area (Å²) in [5.41, 5.74) is 1.85. The van der Waals surface area contributed by atoms with Gasteiger partial charge in [0.1, 0.15) is 0 Å². The summed E-state index contributed by atoms with van der Waals surface area (Å²) in [6, 6.07) is 4.50. The fraction of sp³-hybridized carbons (Fsp3) is 0.250. The van der Waals surface area contributed by atoms with Gasteiger partial charge < -0.3 is 0 Å². The van der Waals surface area contributed by atoms with Crippen molar-refractivity contribution in [1.29, 1.82) is 0 Å². The minimum absolute atomic E-state index is 0. The molecule has 3 nitrogen and oxygen atoms in total. The van der Waals surface area contributed by atoms with Crippen LogP contribution in [0.2, 0.25) is 0 Å². The van der Waals surface area contributed by atoms with E-state index in [4.69, 9.17) is 4.55 Å². The fourth-order valence-corrected chi connectivity index (χ4v) is 1.44. The van der Waals surface area contributed by atoms with E-state index in [1.807, 2.05) is 6.92 Å². The van der Waals surface area contributed by atoms with Crippen molar-refractivity contribution < 1.29 is 13.0 Å². The van der Waals surface area contributed by atoms with Gasteiger partial charge in [0, 0.05) is 0 Å². The Balaban J connectivity index is 0.00000144. The van der Waals surface area contributed by atoms with Crippen molar-refractivity contribution >= 4 is 29.9 Å². The quantitative estimate of drug-likeness (QED) is 0.585. The minimum atomic E-state index is -4.04. The average Bonchev–Trinajstić information content (AvgIpc) is 1.92. The predicted molar refractivity (Wildman–Crippen MR) is 55.7 cm³/mol. The summed E-state index contributed by atoms with van der Waals surface area (Å²) in [5, 5.41) is 0. The number of hydrogen-bond donors (Lipinski definition) is 1. The van der Waals surface area contributed by atoms with Gasteiger partial charge >= 0.3 is 19.8 Å². The van der Waals surface area contributed by atoms with Crippen LogP contribution in [0.5, 0.6) is 0 Å². The number of benzene rings is 1. The molecule has 0 radical (unpaired) electrons. The molecule has 0 heterocycles. The Morgan fingerprint density at radius 1 is 1.15 bits per heavy atom. The zero-order chi connectivity index (χ0) is 9.35. The molecule has 5 heteroatoms. The summed E-state index contributed by atoms with van der Waals surface area (Å²) in [6.07, 6.45) is 0. The van der Waals surface area contributed by atoms with E-state index in [-0.39, 0.29) is 24.7 Å². The number of rotatable bonds is 1. The molecule has 0 unspecified atom stereocenters. The van der Waals surface area contributed by atoms with Crippen molar-refractivity contribution in [3.8, 4) is 0 Å². The topological polar surface area (TPSA) is 54.4 Å². The molecule has 0 bridgehead atoms. The van der Waals surface area contributed by atoms with E-state index in [9.17, 15) is 8.42 Å². The fourth-order valence-electron chi connectivity index (χ4n) is 0.874. The third kappa shape index (κ3) is 3.19. The first-order valence-electron chi connectivity index (χ1n) is 3.46. The Hall–Kier alpha value is -0.234. The van der Waals surface area contributed by atoms with Crippen LogP contribution in [0.15, 0.2) is 23.1 Å². The van der Waals surface area contributed by atoms with Gasteiger partial charge in [0.2, 0.25) is 0 Å². The molecule has 0 saturated carbocycles. The van der Waals surface area contributed by atoms with Gasteiger partial charge in [0.05, 0.1) is 4.90 Å². The molecule has 1 N–H and O–H groups in total. The van der Waals surface area contributed by atoms with Gasteiger partial charge in [-0.1, -0.05) is 6.07 Å². The zero-order valence-corrected chi connectivity index (χ0v) is 7.72. The second-order valence-electron chi connectivity index (χ2n) is 2.72. The Kier molecular flexibility index (Phi) is 4.24. The van der Waals surface area contributed by atoms with E-state index < -0.39 is 10.1 Å². The van der Waals surface area contributed by atoms with Crippen molar-refractivity contribution in [3.63, 3.8) is 0 Å². The molecule has 1 aromatic rings. The summed E-state index contributed by atoms with van der Waals surface area (Å²) < 4.78 is 30.0. The van der Waals surface area contributed by atoms with E-state index in [1.54, 1.807) is 13.0 Å². The summed E-state index contributed by atoms with van der Waals surface area (Å²) in [6.45, 7) is 3.67. The Morgan fingerprint density at radius 2 is 1.69 bits per heavy atom. The third-order valence-corrected chi connectivity index (χ3v) is 2.63. The summed E-state index contributed by atoms with van der Waals surface area (Å²) in [7, 11) is -4.04. The van der Waals surface area contributed by atoms with E-state index in [0.29, 0.717) is 0 Å². The molecule has 0 aliphatic carbocycles. The maximum atomic E-state index is 10.7. The standard InChI is InChI=1S/C8H10O3S.Ga.3H/c1-6-3-4-8(5-7(6)2)12(9,10)11;;;;/h3-5H,1-2H3,(H,9,10,11);;;;. The van der Waals surface area contributed by atoms with Gasteiger partial charge in [-0.05, 0) is 37.1 Å². The first kappa shape index (κ1) is 12.8. The molecule has 0 aromatic heterocycles. The van der Waals surface area contributed by atoms with Crippen LogP contribution in [0.3, 0.4) is 0 Å². The molecule has 0 aliphatic rings. The normalized spacial score (nSPS) is 10.7. The third-order valence-electron chi connectivity index (χ3n) is 1.78. The molecule has 0 fully saturated rings. The van der Waals surface area contributed by atoms with Gasteiger partial charge in [-0.25, -0.2) is 0 Å². The average molecular weight is 259 g/mol. The van der Waals surface area contributed by atoms with E-state index in [1.165, 1.54) is 12.1 Å². The molecular formula is C8H13GaO3S. The van der Waals surface area contributed by atoms with Crippen LogP contribution in [0, 0.1) is 13.8 Å². The zero-order valence-electron chi connectivity index (χ0n) is 6.90. The van der Waals surface area contributed by atoms with Crippen LogP contribution in [0.25, 0.3) is 0 Å². The first-order valence-corrected chi connectivity index (χ1v) is 4.90. The van der Waals surface area contributed by atoms with Gasteiger partial charge in [-0.2, -0.15) is 8.42 Å². The van der Waals surface area contributed by atoms with Crippen LogP contribution in [-0.4, -0.2) is 32.8 Å². The molecule has 0 saturated heterocycles. The molecule has 0 atom stereocenters. The van der Waals surface area contributed by atoms with Crippen molar-refractivity contribution in [2.75, 3.05) is 0 Å². The monoisotopic (exact) mass is 258 g/mol. The second kappa shape index (κ2) is 4.32. The maximum absolute atomic E-state index is 10.7. The number of hydrogen-bond acceptors (Lipinski definition) is 2. The van der Waals surface area contributed by atoms with E-state index >= 15 is 0 Å². The molecule has 13 heavy (non-hydrogen) atoms. The molecule has 0 aliphatic heterocycles. The first-order chi connectivity index (χ1) is 5.41. The SMILES string of the molecule is Cc1ccc(S(=O)(=O)O)cc1C.[GaH3]. The Labute approximate surface area is 91.0 Å². The van der Waals surface area contributed by atoms with Crippen LogP contribution < -0.4 is 0 Å². The van der Waals surface area contributed by atoms with Gasteiger partial charge in [0.25, 0.3) is 10.1 Å². The van der Waals surface area contributed by atoms with E-state index in [2.05, 4.69) is 0 Å².